The van der Waals surface area contributed by atoms with Gasteiger partial charge in [-0.1, -0.05) is 54.6 Å². The lowest BCUT2D eigenvalue weighted by molar-refractivity contribution is -0.0849. The first-order valence-corrected chi connectivity index (χ1v) is 10.4. The van der Waals surface area contributed by atoms with Gasteiger partial charge in [-0.2, -0.15) is 0 Å². The largest absolute Gasteiger partial charge is 0.352 e. The molecule has 3 rings (SSSR count). The van der Waals surface area contributed by atoms with Gasteiger partial charge in [0.1, 0.15) is 29.3 Å². The minimum absolute atomic E-state index is 0.256. The second-order valence-electron chi connectivity index (χ2n) is 5.90. The maximum absolute atomic E-state index is 5.63. The van der Waals surface area contributed by atoms with Crippen LogP contribution in [0.15, 0.2) is 91.0 Å². The van der Waals surface area contributed by atoms with Crippen molar-refractivity contribution in [2.45, 2.75) is 6.29 Å². The number of hydrogen-bond donors (Lipinski definition) is 0. The van der Waals surface area contributed by atoms with Gasteiger partial charge in [0.2, 0.25) is 0 Å². The van der Waals surface area contributed by atoms with Crippen molar-refractivity contribution in [2.24, 2.45) is 0 Å². The van der Waals surface area contributed by atoms with E-state index in [1.807, 2.05) is 0 Å². The molecule has 0 unspecified atom stereocenters. The fourth-order valence-electron chi connectivity index (χ4n) is 3.28. The summed E-state index contributed by atoms with van der Waals surface area (Å²) in [6, 6.07) is 32.3. The van der Waals surface area contributed by atoms with Crippen molar-refractivity contribution in [3.8, 4) is 0 Å². The fourth-order valence-corrected chi connectivity index (χ4v) is 7.60. The molecule has 0 aromatic heterocycles. The molecule has 3 aromatic carbocycles. The number of ether oxygens (including phenoxy) is 2. The van der Waals surface area contributed by atoms with Gasteiger partial charge in [0.25, 0.3) is 0 Å². The molecule has 128 valence electrons. The topological polar surface area (TPSA) is 18.5 Å². The smallest absolute Gasteiger partial charge is 0.191 e. The van der Waals surface area contributed by atoms with E-state index in [0.717, 1.165) is 6.16 Å². The zero-order valence-corrected chi connectivity index (χ0v) is 15.6. The first kappa shape index (κ1) is 17.8. The van der Waals surface area contributed by atoms with Crippen LogP contribution in [0.1, 0.15) is 0 Å². The van der Waals surface area contributed by atoms with Crippen LogP contribution < -0.4 is 15.9 Å². The van der Waals surface area contributed by atoms with E-state index >= 15 is 0 Å². The van der Waals surface area contributed by atoms with Crippen molar-refractivity contribution >= 4 is 23.2 Å². The van der Waals surface area contributed by atoms with Crippen molar-refractivity contribution in [3.05, 3.63) is 91.0 Å². The van der Waals surface area contributed by atoms with Crippen LogP contribution in [0.5, 0.6) is 0 Å². The molecule has 0 aliphatic heterocycles. The molecule has 25 heavy (non-hydrogen) atoms. The highest BCUT2D eigenvalue weighted by Gasteiger charge is 2.47. The molecular formula is C22H24O2P+. The number of rotatable bonds is 7. The van der Waals surface area contributed by atoms with Gasteiger partial charge in [0.15, 0.2) is 6.29 Å². The van der Waals surface area contributed by atoms with Crippen LogP contribution in [0.4, 0.5) is 0 Å². The van der Waals surface area contributed by atoms with E-state index in [2.05, 4.69) is 91.0 Å². The van der Waals surface area contributed by atoms with Gasteiger partial charge in [-0.25, -0.2) is 0 Å². The number of benzene rings is 3. The predicted molar refractivity (Wildman–Crippen MR) is 108 cm³/mol. The maximum Gasteiger partial charge on any atom is 0.191 e. The molecule has 0 saturated carbocycles. The summed E-state index contributed by atoms with van der Waals surface area (Å²) in [7, 11) is 1.53. The predicted octanol–water partition coefficient (Wildman–Crippen LogP) is 3.60. The van der Waals surface area contributed by atoms with E-state index in [-0.39, 0.29) is 6.29 Å². The van der Waals surface area contributed by atoms with Crippen LogP contribution in [0.25, 0.3) is 0 Å². The van der Waals surface area contributed by atoms with Gasteiger partial charge in [-0.3, -0.25) is 0 Å². The van der Waals surface area contributed by atoms with Gasteiger partial charge in [-0.05, 0) is 36.4 Å². The highest BCUT2D eigenvalue weighted by molar-refractivity contribution is 7.95. The van der Waals surface area contributed by atoms with Crippen LogP contribution in [0, 0.1) is 0 Å². The summed E-state index contributed by atoms with van der Waals surface area (Å²) in [6.45, 7) is 0. The minimum atomic E-state index is -1.89. The van der Waals surface area contributed by atoms with Crippen LogP contribution in [-0.2, 0) is 9.47 Å². The van der Waals surface area contributed by atoms with E-state index < -0.39 is 7.26 Å². The van der Waals surface area contributed by atoms with Crippen molar-refractivity contribution in [1.29, 1.82) is 0 Å². The van der Waals surface area contributed by atoms with Crippen LogP contribution >= 0.6 is 7.26 Å². The minimum Gasteiger partial charge on any atom is -0.352 e. The third-order valence-corrected chi connectivity index (χ3v) is 8.92. The zero-order chi connectivity index (χ0) is 17.5. The molecule has 2 nitrogen and oxygen atoms in total. The van der Waals surface area contributed by atoms with Gasteiger partial charge in [-0.15, -0.1) is 0 Å². The lowest BCUT2D eigenvalue weighted by atomic mass is 10.4. The molecule has 3 aromatic rings. The fraction of sp³-hybridized carbons (Fsp3) is 0.182. The molecule has 0 spiro atoms. The second-order valence-corrected chi connectivity index (χ2v) is 9.43. The summed E-state index contributed by atoms with van der Waals surface area (Å²) in [5.74, 6) is 0. The highest BCUT2D eigenvalue weighted by atomic mass is 31.2. The molecule has 0 atom stereocenters. The Morgan fingerprint density at radius 1 is 0.600 bits per heavy atom. The molecule has 0 heterocycles. The molecule has 0 N–H and O–H groups in total. The molecule has 0 fully saturated rings. The zero-order valence-electron chi connectivity index (χ0n) is 14.7. The average molecular weight is 351 g/mol. The van der Waals surface area contributed by atoms with Crippen LogP contribution in [-0.4, -0.2) is 26.7 Å². The first-order chi connectivity index (χ1) is 12.3. The molecule has 0 aliphatic carbocycles. The van der Waals surface area contributed by atoms with Crippen molar-refractivity contribution in [1.82, 2.24) is 0 Å². The van der Waals surface area contributed by atoms with E-state index in [1.54, 1.807) is 14.2 Å². The molecule has 0 aliphatic rings. The van der Waals surface area contributed by atoms with Crippen molar-refractivity contribution in [2.75, 3.05) is 20.4 Å². The molecular weight excluding hydrogens is 327 g/mol. The average Bonchev–Trinajstić information content (AvgIpc) is 2.71. The van der Waals surface area contributed by atoms with Gasteiger partial charge in [0.05, 0.1) is 0 Å². The molecule has 0 radical (unpaired) electrons. The van der Waals surface area contributed by atoms with Crippen molar-refractivity contribution in [3.63, 3.8) is 0 Å². The van der Waals surface area contributed by atoms with Crippen molar-refractivity contribution < 1.29 is 9.47 Å². The summed E-state index contributed by atoms with van der Waals surface area (Å²) < 4.78 is 11.3. The maximum atomic E-state index is 5.63. The number of methoxy groups -OCH3 is 2. The quantitative estimate of drug-likeness (QED) is 0.478. The Balaban J connectivity index is 2.27. The van der Waals surface area contributed by atoms with E-state index in [1.165, 1.54) is 15.9 Å². The van der Waals surface area contributed by atoms with Gasteiger partial charge in [0, 0.05) is 14.2 Å². The summed E-state index contributed by atoms with van der Waals surface area (Å²) in [4.78, 5) is 0. The Hall–Kier alpha value is -1.99. The third-order valence-electron chi connectivity index (χ3n) is 4.54. The Morgan fingerprint density at radius 2 is 0.920 bits per heavy atom. The Labute approximate surface area is 150 Å². The molecule has 0 saturated heterocycles. The first-order valence-electron chi connectivity index (χ1n) is 8.42. The normalized spacial score (nSPS) is 11.6. The summed E-state index contributed by atoms with van der Waals surface area (Å²) >= 11 is 0. The van der Waals surface area contributed by atoms with E-state index in [9.17, 15) is 0 Å². The lowest BCUT2D eigenvalue weighted by Crippen LogP contribution is -2.38. The molecule has 0 amide bonds. The number of hydrogen-bond acceptors (Lipinski definition) is 2. The van der Waals surface area contributed by atoms with Gasteiger partial charge < -0.3 is 9.47 Å². The van der Waals surface area contributed by atoms with E-state index in [0.29, 0.717) is 0 Å². The van der Waals surface area contributed by atoms with Crippen LogP contribution in [0.2, 0.25) is 0 Å². The monoisotopic (exact) mass is 351 g/mol. The summed E-state index contributed by atoms with van der Waals surface area (Å²) in [6.07, 6.45) is 0.548. The highest BCUT2D eigenvalue weighted by Crippen LogP contribution is 2.55. The second kappa shape index (κ2) is 8.40. The van der Waals surface area contributed by atoms with Gasteiger partial charge >= 0.3 is 0 Å². The standard InChI is InChI=1S/C22H24O2P/c1-23-22(24-2)18-25(19-12-6-3-7-13-19,20-14-8-4-9-15-20)21-16-10-5-11-17-21/h3-17,22H,18H2,1-2H3/q+1. The SMILES string of the molecule is COC(C[P+](c1ccccc1)(c1ccccc1)c1ccccc1)OC. The van der Waals surface area contributed by atoms with Crippen LogP contribution in [0.3, 0.4) is 0 Å². The summed E-state index contributed by atoms with van der Waals surface area (Å²) in [5, 5.41) is 4.02. The molecule has 3 heteroatoms. The Bertz CT molecular complexity index is 659. The Morgan fingerprint density at radius 3 is 1.20 bits per heavy atom. The Kier molecular flexibility index (Phi) is 5.99. The summed E-state index contributed by atoms with van der Waals surface area (Å²) in [5.41, 5.74) is 0. The lowest BCUT2D eigenvalue weighted by Gasteiger charge is -2.30. The van der Waals surface area contributed by atoms with E-state index in [4.69, 9.17) is 9.47 Å². The molecule has 0 bridgehead atoms. The third kappa shape index (κ3) is 3.67.